The van der Waals surface area contributed by atoms with Crippen LogP contribution in [0, 0.1) is 17.8 Å². The van der Waals surface area contributed by atoms with Crippen molar-refractivity contribution in [1.29, 1.82) is 0 Å². The summed E-state index contributed by atoms with van der Waals surface area (Å²) in [5.74, 6) is 0.895. The highest BCUT2D eigenvalue weighted by molar-refractivity contribution is 5.87. The number of carbonyl (C=O) groups is 1. The van der Waals surface area contributed by atoms with Crippen molar-refractivity contribution >= 4 is 5.91 Å². The zero-order valence-corrected chi connectivity index (χ0v) is 15.4. The van der Waals surface area contributed by atoms with Gasteiger partial charge in [-0.1, -0.05) is 60.7 Å². The Kier molecular flexibility index (Phi) is 4.06. The van der Waals surface area contributed by atoms with Crippen LogP contribution in [0.2, 0.25) is 0 Å². The van der Waals surface area contributed by atoms with E-state index in [1.54, 1.807) is 0 Å². The summed E-state index contributed by atoms with van der Waals surface area (Å²) in [4.78, 5) is 15.5. The first-order chi connectivity index (χ1) is 13.2. The Bertz CT molecular complexity index is 809. The molecule has 4 heteroatoms. The first kappa shape index (κ1) is 17.0. The Morgan fingerprint density at radius 2 is 1.59 bits per heavy atom. The number of hydrogen-bond donors (Lipinski definition) is 2. The average Bonchev–Trinajstić information content (AvgIpc) is 3.61. The second-order valence-corrected chi connectivity index (χ2v) is 8.41. The molecule has 2 aliphatic carbocycles. The molecule has 1 heterocycles. The van der Waals surface area contributed by atoms with Crippen LogP contribution in [0.4, 0.5) is 0 Å². The van der Waals surface area contributed by atoms with Crippen LogP contribution in [0.15, 0.2) is 60.7 Å². The Labute approximate surface area is 160 Å². The Balaban J connectivity index is 1.21. The van der Waals surface area contributed by atoms with E-state index in [1.807, 2.05) is 36.4 Å². The van der Waals surface area contributed by atoms with Crippen molar-refractivity contribution in [3.63, 3.8) is 0 Å². The van der Waals surface area contributed by atoms with Crippen molar-refractivity contribution < 1.29 is 9.90 Å². The molecule has 0 spiro atoms. The van der Waals surface area contributed by atoms with E-state index in [1.165, 1.54) is 5.56 Å². The van der Waals surface area contributed by atoms with Crippen LogP contribution in [-0.2, 0) is 16.9 Å². The van der Waals surface area contributed by atoms with Crippen molar-refractivity contribution in [2.24, 2.45) is 17.8 Å². The van der Waals surface area contributed by atoms with Gasteiger partial charge in [-0.2, -0.15) is 0 Å². The number of piperidine rings is 1. The molecule has 4 atom stereocenters. The molecule has 4 nitrogen and oxygen atoms in total. The predicted octanol–water partition coefficient (Wildman–Crippen LogP) is 2.53. The number of fused-ring (bicyclic) bond motifs is 1. The summed E-state index contributed by atoms with van der Waals surface area (Å²) in [6, 6.07) is 20.2. The summed E-state index contributed by atoms with van der Waals surface area (Å²) in [6.07, 6.45) is 1.84. The molecule has 3 aliphatic rings. The van der Waals surface area contributed by atoms with E-state index in [0.29, 0.717) is 11.8 Å². The van der Waals surface area contributed by atoms with Crippen LogP contribution in [0.3, 0.4) is 0 Å². The number of likely N-dealkylation sites (tertiary alicyclic amines) is 1. The van der Waals surface area contributed by atoms with Gasteiger partial charge in [0.25, 0.3) is 5.91 Å². The highest BCUT2D eigenvalue weighted by atomic mass is 16.3. The smallest absolute Gasteiger partial charge is 0.257 e. The number of benzene rings is 2. The lowest BCUT2D eigenvalue weighted by Gasteiger charge is -2.28. The topological polar surface area (TPSA) is 52.6 Å². The lowest BCUT2D eigenvalue weighted by molar-refractivity contribution is -0.143. The first-order valence-corrected chi connectivity index (χ1v) is 10.0. The minimum atomic E-state index is -1.37. The van der Waals surface area contributed by atoms with Crippen molar-refractivity contribution in [1.82, 2.24) is 10.2 Å². The molecule has 140 valence electrons. The van der Waals surface area contributed by atoms with Crippen LogP contribution in [0.25, 0.3) is 0 Å². The molecule has 2 aromatic carbocycles. The minimum Gasteiger partial charge on any atom is -0.375 e. The van der Waals surface area contributed by atoms with Crippen molar-refractivity contribution in [2.45, 2.75) is 31.0 Å². The van der Waals surface area contributed by atoms with Gasteiger partial charge in [-0.15, -0.1) is 0 Å². The van der Waals surface area contributed by atoms with Gasteiger partial charge in [0.1, 0.15) is 0 Å². The van der Waals surface area contributed by atoms with Gasteiger partial charge < -0.3 is 10.4 Å². The molecule has 2 N–H and O–H groups in total. The summed E-state index contributed by atoms with van der Waals surface area (Å²) in [5, 5.41) is 14.4. The van der Waals surface area contributed by atoms with Crippen LogP contribution >= 0.6 is 0 Å². The maximum absolute atomic E-state index is 13.0. The summed E-state index contributed by atoms with van der Waals surface area (Å²) in [6.45, 7) is 3.03. The van der Waals surface area contributed by atoms with Crippen LogP contribution in [-0.4, -0.2) is 35.0 Å². The van der Waals surface area contributed by atoms with Crippen molar-refractivity contribution in [3.05, 3.63) is 71.8 Å². The number of nitrogens with zero attached hydrogens (tertiary/aromatic N) is 1. The molecular weight excluding hydrogens is 336 g/mol. The second kappa shape index (κ2) is 6.47. The summed E-state index contributed by atoms with van der Waals surface area (Å²) in [5.41, 5.74) is 0.690. The Hall–Kier alpha value is -2.17. The number of aliphatic hydroxyl groups is 1. The standard InChI is InChI=1S/C23H26N2O2/c26-22(23(27,18-11-12-18)17-9-5-2-6-10-17)24-21-19-14-25(15-20(19)21)13-16-7-3-1-4-8-16/h1-10,18-21,27H,11-15H2,(H,24,26)/t19-,20+,21?,23?. The fourth-order valence-electron chi connectivity index (χ4n) is 4.81. The van der Waals surface area contributed by atoms with Gasteiger partial charge in [0.15, 0.2) is 5.60 Å². The van der Waals surface area contributed by atoms with Crippen molar-refractivity contribution in [2.75, 3.05) is 13.1 Å². The number of amides is 1. The van der Waals surface area contributed by atoms with Gasteiger partial charge >= 0.3 is 0 Å². The molecule has 0 radical (unpaired) electrons. The third-order valence-corrected chi connectivity index (χ3v) is 6.54. The van der Waals surface area contributed by atoms with E-state index < -0.39 is 5.60 Å². The minimum absolute atomic E-state index is 0.0491. The van der Waals surface area contributed by atoms with E-state index in [9.17, 15) is 9.90 Å². The van der Waals surface area contributed by atoms with Gasteiger partial charge in [0.05, 0.1) is 0 Å². The molecule has 1 aliphatic heterocycles. The highest BCUT2D eigenvalue weighted by Crippen LogP contribution is 2.49. The van der Waals surface area contributed by atoms with E-state index in [0.717, 1.165) is 38.0 Å². The Morgan fingerprint density at radius 3 is 2.19 bits per heavy atom. The van der Waals surface area contributed by atoms with Crippen LogP contribution in [0.5, 0.6) is 0 Å². The summed E-state index contributed by atoms with van der Waals surface area (Å²) < 4.78 is 0. The molecule has 3 fully saturated rings. The molecule has 2 unspecified atom stereocenters. The molecule has 2 aromatic rings. The van der Waals surface area contributed by atoms with Crippen LogP contribution < -0.4 is 5.32 Å². The average molecular weight is 362 g/mol. The monoisotopic (exact) mass is 362 g/mol. The number of hydrogen-bond acceptors (Lipinski definition) is 3. The summed E-state index contributed by atoms with van der Waals surface area (Å²) >= 11 is 0. The number of carbonyl (C=O) groups excluding carboxylic acids is 1. The van der Waals surface area contributed by atoms with E-state index in [-0.39, 0.29) is 17.9 Å². The zero-order chi connectivity index (χ0) is 18.4. The lowest BCUT2D eigenvalue weighted by Crippen LogP contribution is -2.48. The van der Waals surface area contributed by atoms with Gasteiger partial charge in [0, 0.05) is 31.6 Å². The lowest BCUT2D eigenvalue weighted by atomic mass is 9.87. The molecule has 0 aromatic heterocycles. The third-order valence-electron chi connectivity index (χ3n) is 6.54. The van der Waals surface area contributed by atoms with Gasteiger partial charge in [0.2, 0.25) is 0 Å². The molecular formula is C23H26N2O2. The SMILES string of the molecule is O=C(NC1[C@H]2CN(Cc3ccccc3)C[C@@H]12)C(O)(c1ccccc1)C1CC1. The largest absolute Gasteiger partial charge is 0.375 e. The maximum Gasteiger partial charge on any atom is 0.257 e. The Morgan fingerprint density at radius 1 is 1.00 bits per heavy atom. The quantitative estimate of drug-likeness (QED) is 0.830. The predicted molar refractivity (Wildman–Crippen MR) is 104 cm³/mol. The van der Waals surface area contributed by atoms with E-state index in [4.69, 9.17) is 0 Å². The third kappa shape index (κ3) is 3.07. The highest BCUT2D eigenvalue weighted by Gasteiger charge is 2.59. The molecule has 1 saturated heterocycles. The molecule has 2 saturated carbocycles. The van der Waals surface area contributed by atoms with Gasteiger partial charge in [-0.3, -0.25) is 9.69 Å². The first-order valence-electron chi connectivity index (χ1n) is 10.0. The number of rotatable bonds is 6. The summed E-state index contributed by atoms with van der Waals surface area (Å²) in [7, 11) is 0. The van der Waals surface area contributed by atoms with E-state index in [2.05, 4.69) is 34.5 Å². The molecule has 1 amide bonds. The zero-order valence-electron chi connectivity index (χ0n) is 15.4. The van der Waals surface area contributed by atoms with Gasteiger partial charge in [-0.05, 0) is 35.8 Å². The van der Waals surface area contributed by atoms with E-state index >= 15 is 0 Å². The fraction of sp³-hybridized carbons (Fsp3) is 0.435. The normalized spacial score (nSPS) is 29.0. The maximum atomic E-state index is 13.0. The second-order valence-electron chi connectivity index (χ2n) is 8.41. The van der Waals surface area contributed by atoms with Gasteiger partial charge in [-0.25, -0.2) is 0 Å². The van der Waals surface area contributed by atoms with Crippen LogP contribution in [0.1, 0.15) is 24.0 Å². The molecule has 5 rings (SSSR count). The molecule has 0 bridgehead atoms. The number of nitrogens with one attached hydrogen (secondary N) is 1. The fourth-order valence-corrected chi connectivity index (χ4v) is 4.81. The van der Waals surface area contributed by atoms with Crippen molar-refractivity contribution in [3.8, 4) is 0 Å². The molecule has 27 heavy (non-hydrogen) atoms.